The van der Waals surface area contributed by atoms with Crippen LogP contribution < -0.4 is 10.6 Å². The van der Waals surface area contributed by atoms with E-state index in [0.717, 1.165) is 24.0 Å². The SMILES string of the molecule is CCCn1ccc2cc(NC(=O)NC(C)(C)CO)ccc21. The van der Waals surface area contributed by atoms with Crippen LogP contribution in [-0.2, 0) is 6.54 Å². The molecule has 2 aromatic rings. The van der Waals surface area contributed by atoms with Gasteiger partial charge in [0.1, 0.15) is 0 Å². The van der Waals surface area contributed by atoms with Crippen LogP contribution in [0, 0.1) is 0 Å². The molecule has 0 bridgehead atoms. The summed E-state index contributed by atoms with van der Waals surface area (Å²) in [6.07, 6.45) is 3.15. The smallest absolute Gasteiger partial charge is 0.319 e. The van der Waals surface area contributed by atoms with E-state index < -0.39 is 5.54 Å². The molecule has 0 unspecified atom stereocenters. The number of rotatable bonds is 5. The molecule has 2 amide bonds. The maximum absolute atomic E-state index is 11.9. The molecule has 0 radical (unpaired) electrons. The topological polar surface area (TPSA) is 66.3 Å². The van der Waals surface area contributed by atoms with Gasteiger partial charge < -0.3 is 20.3 Å². The molecule has 1 heterocycles. The van der Waals surface area contributed by atoms with Gasteiger partial charge >= 0.3 is 6.03 Å². The average Bonchev–Trinajstić information content (AvgIpc) is 2.81. The first-order valence-electron chi connectivity index (χ1n) is 7.24. The molecular formula is C16H23N3O2. The normalized spacial score (nSPS) is 11.6. The zero-order valence-electron chi connectivity index (χ0n) is 12.8. The number of aryl methyl sites for hydroxylation is 1. The Hall–Kier alpha value is -2.01. The molecule has 1 aromatic carbocycles. The summed E-state index contributed by atoms with van der Waals surface area (Å²) in [5.74, 6) is 0. The summed E-state index contributed by atoms with van der Waals surface area (Å²) >= 11 is 0. The predicted octanol–water partition coefficient (Wildman–Crippen LogP) is 2.94. The van der Waals surface area contributed by atoms with E-state index in [4.69, 9.17) is 5.11 Å². The summed E-state index contributed by atoms with van der Waals surface area (Å²) in [5, 5.41) is 15.8. The van der Waals surface area contributed by atoms with Crippen molar-refractivity contribution in [3.8, 4) is 0 Å². The molecule has 0 fully saturated rings. The van der Waals surface area contributed by atoms with Crippen molar-refractivity contribution in [2.45, 2.75) is 39.3 Å². The van der Waals surface area contributed by atoms with E-state index in [1.165, 1.54) is 5.52 Å². The number of aliphatic hydroxyl groups is 1. The van der Waals surface area contributed by atoms with Crippen LogP contribution in [-0.4, -0.2) is 27.9 Å². The summed E-state index contributed by atoms with van der Waals surface area (Å²) in [5.41, 5.74) is 1.26. The van der Waals surface area contributed by atoms with Gasteiger partial charge in [0.25, 0.3) is 0 Å². The van der Waals surface area contributed by atoms with Crippen LogP contribution in [0.2, 0.25) is 0 Å². The predicted molar refractivity (Wildman–Crippen MR) is 85.5 cm³/mol. The molecule has 3 N–H and O–H groups in total. The third-order valence-electron chi connectivity index (χ3n) is 3.34. The number of nitrogens with zero attached hydrogens (tertiary/aromatic N) is 1. The van der Waals surface area contributed by atoms with Gasteiger partial charge in [-0.2, -0.15) is 0 Å². The first-order chi connectivity index (χ1) is 9.95. The maximum atomic E-state index is 11.9. The van der Waals surface area contributed by atoms with E-state index in [1.54, 1.807) is 13.8 Å². The second-order valence-electron chi connectivity index (χ2n) is 5.90. The third-order valence-corrected chi connectivity index (χ3v) is 3.34. The second kappa shape index (κ2) is 6.18. The lowest BCUT2D eigenvalue weighted by atomic mass is 10.1. The second-order valence-corrected chi connectivity index (χ2v) is 5.90. The summed E-state index contributed by atoms with van der Waals surface area (Å²) in [7, 11) is 0. The lowest BCUT2D eigenvalue weighted by Crippen LogP contribution is -2.48. The van der Waals surface area contributed by atoms with Crippen LogP contribution in [0.5, 0.6) is 0 Å². The lowest BCUT2D eigenvalue weighted by Gasteiger charge is -2.23. The molecule has 0 aliphatic heterocycles. The highest BCUT2D eigenvalue weighted by Gasteiger charge is 2.19. The van der Waals surface area contributed by atoms with E-state index >= 15 is 0 Å². The number of amides is 2. The standard InChI is InChI=1S/C16H23N3O2/c1-4-8-19-9-7-12-10-13(5-6-14(12)19)17-15(21)18-16(2,3)11-20/h5-7,9-10,20H,4,8,11H2,1-3H3,(H2,17,18,21). The zero-order valence-corrected chi connectivity index (χ0v) is 12.8. The lowest BCUT2D eigenvalue weighted by molar-refractivity contribution is 0.187. The van der Waals surface area contributed by atoms with E-state index in [-0.39, 0.29) is 12.6 Å². The summed E-state index contributed by atoms with van der Waals surface area (Å²) in [4.78, 5) is 11.9. The van der Waals surface area contributed by atoms with Crippen LogP contribution in [0.4, 0.5) is 10.5 Å². The van der Waals surface area contributed by atoms with Gasteiger partial charge in [-0.25, -0.2) is 4.79 Å². The molecule has 5 nitrogen and oxygen atoms in total. The van der Waals surface area contributed by atoms with Crippen molar-refractivity contribution < 1.29 is 9.90 Å². The van der Waals surface area contributed by atoms with Gasteiger partial charge in [0, 0.05) is 29.3 Å². The Bertz CT molecular complexity index is 631. The molecule has 114 valence electrons. The molecule has 21 heavy (non-hydrogen) atoms. The number of fused-ring (bicyclic) bond motifs is 1. The molecule has 1 aromatic heterocycles. The molecule has 0 spiro atoms. The number of urea groups is 1. The summed E-state index contributed by atoms with van der Waals surface area (Å²) < 4.78 is 2.20. The van der Waals surface area contributed by atoms with E-state index in [2.05, 4.69) is 28.3 Å². The minimum Gasteiger partial charge on any atom is -0.394 e. The Morgan fingerprint density at radius 1 is 1.33 bits per heavy atom. The number of benzene rings is 1. The van der Waals surface area contributed by atoms with Gasteiger partial charge in [-0.3, -0.25) is 0 Å². The fraction of sp³-hybridized carbons (Fsp3) is 0.438. The number of carbonyl (C=O) groups excluding carboxylic acids is 1. The van der Waals surface area contributed by atoms with Gasteiger partial charge in [-0.05, 0) is 44.5 Å². The highest BCUT2D eigenvalue weighted by Crippen LogP contribution is 2.21. The molecule has 2 rings (SSSR count). The Labute approximate surface area is 125 Å². The van der Waals surface area contributed by atoms with Crippen LogP contribution >= 0.6 is 0 Å². The number of aliphatic hydroxyl groups excluding tert-OH is 1. The number of nitrogens with one attached hydrogen (secondary N) is 2. The third kappa shape index (κ3) is 3.76. The van der Waals surface area contributed by atoms with E-state index in [0.29, 0.717) is 0 Å². The Morgan fingerprint density at radius 3 is 2.76 bits per heavy atom. The highest BCUT2D eigenvalue weighted by atomic mass is 16.3. The molecule has 5 heteroatoms. The molecule has 0 aliphatic carbocycles. The van der Waals surface area contributed by atoms with Gasteiger partial charge in [0.05, 0.1) is 12.1 Å². The molecule has 0 aliphatic rings. The largest absolute Gasteiger partial charge is 0.394 e. The zero-order chi connectivity index (χ0) is 15.5. The first kappa shape index (κ1) is 15.4. The van der Waals surface area contributed by atoms with E-state index in [9.17, 15) is 4.79 Å². The monoisotopic (exact) mass is 289 g/mol. The van der Waals surface area contributed by atoms with Crippen molar-refractivity contribution in [2.24, 2.45) is 0 Å². The van der Waals surface area contributed by atoms with Gasteiger partial charge in [0.15, 0.2) is 0 Å². The minimum atomic E-state index is -0.640. The van der Waals surface area contributed by atoms with Crippen LogP contribution in [0.25, 0.3) is 10.9 Å². The fourth-order valence-corrected chi connectivity index (χ4v) is 2.22. The number of hydrogen-bond donors (Lipinski definition) is 3. The molecule has 0 atom stereocenters. The Kier molecular flexibility index (Phi) is 4.53. The summed E-state index contributed by atoms with van der Waals surface area (Å²) in [6, 6.07) is 7.58. The number of anilines is 1. The number of carbonyl (C=O) groups is 1. The van der Waals surface area contributed by atoms with Crippen LogP contribution in [0.3, 0.4) is 0 Å². The quantitative estimate of drug-likeness (QED) is 0.792. The van der Waals surface area contributed by atoms with Crippen molar-refractivity contribution in [3.63, 3.8) is 0 Å². The van der Waals surface area contributed by atoms with Crippen LogP contribution in [0.1, 0.15) is 27.2 Å². The average molecular weight is 289 g/mol. The van der Waals surface area contributed by atoms with Gasteiger partial charge in [-0.1, -0.05) is 6.92 Å². The number of hydrogen-bond acceptors (Lipinski definition) is 2. The van der Waals surface area contributed by atoms with Crippen molar-refractivity contribution in [2.75, 3.05) is 11.9 Å². The number of aromatic nitrogens is 1. The Morgan fingerprint density at radius 2 is 2.10 bits per heavy atom. The Balaban J connectivity index is 2.11. The maximum Gasteiger partial charge on any atom is 0.319 e. The van der Waals surface area contributed by atoms with Gasteiger partial charge in [-0.15, -0.1) is 0 Å². The molecule has 0 saturated carbocycles. The summed E-state index contributed by atoms with van der Waals surface area (Å²) in [6.45, 7) is 6.55. The molecule has 0 saturated heterocycles. The van der Waals surface area contributed by atoms with E-state index in [1.807, 2.05) is 24.3 Å². The fourth-order valence-electron chi connectivity index (χ4n) is 2.22. The highest BCUT2D eigenvalue weighted by molar-refractivity contribution is 5.93. The van der Waals surface area contributed by atoms with Crippen molar-refractivity contribution in [1.29, 1.82) is 0 Å². The van der Waals surface area contributed by atoms with Crippen LogP contribution in [0.15, 0.2) is 30.5 Å². The first-order valence-corrected chi connectivity index (χ1v) is 7.24. The van der Waals surface area contributed by atoms with Crippen molar-refractivity contribution in [1.82, 2.24) is 9.88 Å². The van der Waals surface area contributed by atoms with Gasteiger partial charge in [0.2, 0.25) is 0 Å². The van der Waals surface area contributed by atoms with Crippen molar-refractivity contribution >= 4 is 22.6 Å². The van der Waals surface area contributed by atoms with Crippen molar-refractivity contribution in [3.05, 3.63) is 30.5 Å². The minimum absolute atomic E-state index is 0.112. The molecular weight excluding hydrogens is 266 g/mol.